The molecule has 3 aromatic carbocycles. The SMILES string of the molecule is CN(C)c1ccc(-c2cc(-c3cccc([N+](=O)[O-])c3)cc(-c3ccc(N(C)C)cc3)n2)cc1. The van der Waals surface area contributed by atoms with E-state index in [2.05, 4.69) is 34.1 Å². The van der Waals surface area contributed by atoms with E-state index in [4.69, 9.17) is 4.98 Å². The Kier molecular flexibility index (Phi) is 6.09. The molecule has 1 heterocycles. The number of non-ortho nitro benzene ring substituents is 1. The minimum absolute atomic E-state index is 0.0677. The van der Waals surface area contributed by atoms with Gasteiger partial charge >= 0.3 is 0 Å². The van der Waals surface area contributed by atoms with Gasteiger partial charge in [-0.1, -0.05) is 36.4 Å². The average Bonchev–Trinajstić information content (AvgIpc) is 2.84. The Hall–Kier alpha value is -4.19. The quantitative estimate of drug-likeness (QED) is 0.268. The van der Waals surface area contributed by atoms with Crippen LogP contribution in [0.1, 0.15) is 0 Å². The number of rotatable bonds is 6. The summed E-state index contributed by atoms with van der Waals surface area (Å²) in [5.41, 5.74) is 7.54. The zero-order valence-electron chi connectivity index (χ0n) is 19.2. The van der Waals surface area contributed by atoms with Crippen molar-refractivity contribution in [3.05, 3.63) is 95.0 Å². The topological polar surface area (TPSA) is 62.5 Å². The number of anilines is 2. The van der Waals surface area contributed by atoms with E-state index in [0.717, 1.165) is 45.0 Å². The van der Waals surface area contributed by atoms with Gasteiger partial charge in [0.2, 0.25) is 0 Å². The molecule has 0 saturated heterocycles. The molecule has 1 aromatic heterocycles. The largest absolute Gasteiger partial charge is 0.378 e. The molecule has 6 nitrogen and oxygen atoms in total. The first kappa shape index (κ1) is 22.0. The molecule has 0 fully saturated rings. The summed E-state index contributed by atoms with van der Waals surface area (Å²) in [6.07, 6.45) is 0. The smallest absolute Gasteiger partial charge is 0.270 e. The van der Waals surface area contributed by atoms with E-state index in [-0.39, 0.29) is 10.6 Å². The molecule has 0 spiro atoms. The predicted molar refractivity (Wildman–Crippen MR) is 136 cm³/mol. The van der Waals surface area contributed by atoms with Crippen molar-refractivity contribution in [3.63, 3.8) is 0 Å². The average molecular weight is 439 g/mol. The summed E-state index contributed by atoms with van der Waals surface area (Å²) in [6.45, 7) is 0. The second-order valence-electron chi connectivity index (χ2n) is 8.32. The van der Waals surface area contributed by atoms with Crippen LogP contribution in [0.2, 0.25) is 0 Å². The lowest BCUT2D eigenvalue weighted by Gasteiger charge is -2.15. The summed E-state index contributed by atoms with van der Waals surface area (Å²) < 4.78 is 0. The minimum Gasteiger partial charge on any atom is -0.378 e. The maximum atomic E-state index is 11.3. The van der Waals surface area contributed by atoms with Crippen molar-refractivity contribution in [3.8, 4) is 33.6 Å². The Morgan fingerprint density at radius 3 is 1.55 bits per heavy atom. The molecule has 0 atom stereocenters. The fourth-order valence-electron chi connectivity index (χ4n) is 3.65. The van der Waals surface area contributed by atoms with Gasteiger partial charge in [-0.3, -0.25) is 10.1 Å². The van der Waals surface area contributed by atoms with Gasteiger partial charge in [-0.2, -0.15) is 0 Å². The van der Waals surface area contributed by atoms with Crippen molar-refractivity contribution in [1.82, 2.24) is 4.98 Å². The van der Waals surface area contributed by atoms with Crippen LogP contribution in [-0.4, -0.2) is 38.1 Å². The van der Waals surface area contributed by atoms with Gasteiger partial charge in [0.05, 0.1) is 16.3 Å². The highest BCUT2D eigenvalue weighted by Gasteiger charge is 2.12. The maximum Gasteiger partial charge on any atom is 0.270 e. The number of nitro groups is 1. The van der Waals surface area contributed by atoms with E-state index in [1.807, 2.05) is 70.7 Å². The first-order valence-electron chi connectivity index (χ1n) is 10.6. The van der Waals surface area contributed by atoms with E-state index < -0.39 is 0 Å². The van der Waals surface area contributed by atoms with Gasteiger partial charge in [0.1, 0.15) is 0 Å². The van der Waals surface area contributed by atoms with Crippen molar-refractivity contribution in [1.29, 1.82) is 0 Å². The molecule has 166 valence electrons. The van der Waals surface area contributed by atoms with Crippen LogP contribution in [0.3, 0.4) is 0 Å². The summed E-state index contributed by atoms with van der Waals surface area (Å²) >= 11 is 0. The van der Waals surface area contributed by atoms with E-state index in [9.17, 15) is 10.1 Å². The highest BCUT2D eigenvalue weighted by molar-refractivity contribution is 5.78. The molecule has 4 aromatic rings. The summed E-state index contributed by atoms with van der Waals surface area (Å²) in [5, 5.41) is 11.3. The molecule has 0 aliphatic carbocycles. The molecular weight excluding hydrogens is 412 g/mol. The van der Waals surface area contributed by atoms with Crippen LogP contribution in [-0.2, 0) is 0 Å². The molecule has 0 bridgehead atoms. The first-order valence-corrected chi connectivity index (χ1v) is 10.6. The third kappa shape index (κ3) is 4.85. The fraction of sp³-hybridized carbons (Fsp3) is 0.148. The van der Waals surface area contributed by atoms with Gasteiger partial charge in [0.15, 0.2) is 0 Å². The zero-order chi connectivity index (χ0) is 23.5. The van der Waals surface area contributed by atoms with Crippen LogP contribution >= 0.6 is 0 Å². The summed E-state index contributed by atoms with van der Waals surface area (Å²) in [7, 11) is 8.02. The van der Waals surface area contributed by atoms with Crippen LogP contribution in [0.4, 0.5) is 17.1 Å². The van der Waals surface area contributed by atoms with E-state index >= 15 is 0 Å². The lowest BCUT2D eigenvalue weighted by atomic mass is 9.99. The number of aromatic nitrogens is 1. The Morgan fingerprint density at radius 2 is 1.12 bits per heavy atom. The summed E-state index contributed by atoms with van der Waals surface area (Å²) in [5.74, 6) is 0. The molecular formula is C27H26N4O2. The standard InChI is InChI=1S/C27H26N4O2/c1-29(2)23-12-8-19(9-13-23)26-17-22(21-6-5-7-25(16-21)31(32)33)18-27(28-26)20-10-14-24(15-11-20)30(3)4/h5-18H,1-4H3. The number of nitro benzene ring substituents is 1. The van der Waals surface area contributed by atoms with Crippen molar-refractivity contribution < 1.29 is 4.92 Å². The number of hydrogen-bond acceptors (Lipinski definition) is 5. The van der Waals surface area contributed by atoms with Gasteiger partial charge in [0.25, 0.3) is 5.69 Å². The normalized spacial score (nSPS) is 10.7. The van der Waals surface area contributed by atoms with Gasteiger partial charge in [-0.05, 0) is 47.5 Å². The monoisotopic (exact) mass is 438 g/mol. The van der Waals surface area contributed by atoms with Crippen LogP contribution in [0.15, 0.2) is 84.9 Å². The van der Waals surface area contributed by atoms with Gasteiger partial charge in [0, 0.05) is 62.8 Å². The lowest BCUT2D eigenvalue weighted by Crippen LogP contribution is -2.08. The highest BCUT2D eigenvalue weighted by atomic mass is 16.6. The first-order chi connectivity index (χ1) is 15.8. The van der Waals surface area contributed by atoms with Crippen molar-refractivity contribution in [2.75, 3.05) is 38.0 Å². The third-order valence-corrected chi connectivity index (χ3v) is 5.57. The molecule has 0 radical (unpaired) electrons. The third-order valence-electron chi connectivity index (χ3n) is 5.57. The molecule has 0 unspecified atom stereocenters. The fourth-order valence-corrected chi connectivity index (χ4v) is 3.65. The Bertz CT molecular complexity index is 1210. The minimum atomic E-state index is -0.369. The summed E-state index contributed by atoms with van der Waals surface area (Å²) in [4.78, 5) is 20.0. The number of nitrogens with zero attached hydrogens (tertiary/aromatic N) is 4. The van der Waals surface area contributed by atoms with Gasteiger partial charge in [-0.15, -0.1) is 0 Å². The van der Waals surface area contributed by atoms with Crippen LogP contribution in [0, 0.1) is 10.1 Å². The molecule has 4 rings (SSSR count). The molecule has 6 heteroatoms. The molecule has 0 aliphatic heterocycles. The Labute approximate surface area is 193 Å². The molecule has 0 saturated carbocycles. The highest BCUT2D eigenvalue weighted by Crippen LogP contribution is 2.32. The van der Waals surface area contributed by atoms with Crippen molar-refractivity contribution in [2.24, 2.45) is 0 Å². The number of benzene rings is 3. The Morgan fingerprint density at radius 1 is 0.636 bits per heavy atom. The van der Waals surface area contributed by atoms with Gasteiger partial charge in [-0.25, -0.2) is 4.98 Å². The van der Waals surface area contributed by atoms with Crippen LogP contribution < -0.4 is 9.80 Å². The maximum absolute atomic E-state index is 11.3. The van der Waals surface area contributed by atoms with E-state index in [0.29, 0.717) is 0 Å². The van der Waals surface area contributed by atoms with Crippen molar-refractivity contribution >= 4 is 17.1 Å². The van der Waals surface area contributed by atoms with Crippen LogP contribution in [0.5, 0.6) is 0 Å². The number of hydrogen-bond donors (Lipinski definition) is 0. The lowest BCUT2D eigenvalue weighted by molar-refractivity contribution is -0.384. The molecule has 33 heavy (non-hydrogen) atoms. The Balaban J connectivity index is 1.85. The second-order valence-corrected chi connectivity index (χ2v) is 8.32. The molecule has 0 N–H and O–H groups in total. The molecule has 0 amide bonds. The van der Waals surface area contributed by atoms with Crippen LogP contribution in [0.25, 0.3) is 33.6 Å². The molecule has 0 aliphatic rings. The predicted octanol–water partition coefficient (Wildman–Crippen LogP) is 6.12. The van der Waals surface area contributed by atoms with Gasteiger partial charge < -0.3 is 9.80 Å². The second kappa shape index (κ2) is 9.12. The summed E-state index contributed by atoms with van der Waals surface area (Å²) in [6, 6.07) is 27.1. The zero-order valence-corrected chi connectivity index (χ0v) is 19.2. The number of pyridine rings is 1. The van der Waals surface area contributed by atoms with Crippen molar-refractivity contribution in [2.45, 2.75) is 0 Å². The van der Waals surface area contributed by atoms with E-state index in [1.54, 1.807) is 12.1 Å². The van der Waals surface area contributed by atoms with E-state index in [1.165, 1.54) is 6.07 Å².